The summed E-state index contributed by atoms with van der Waals surface area (Å²) < 4.78 is 4.88. The number of hydrogen-bond donors (Lipinski definition) is 1. The third-order valence-electron chi connectivity index (χ3n) is 1.73. The van der Waals surface area contributed by atoms with E-state index in [2.05, 4.69) is 12.6 Å². The molecule has 0 saturated heterocycles. The molecule has 0 N–H and O–H groups in total. The quantitative estimate of drug-likeness (QED) is 0.581. The second-order valence-corrected chi connectivity index (χ2v) is 3.14. The van der Waals surface area contributed by atoms with Gasteiger partial charge in [0.25, 0.3) is 0 Å². The van der Waals surface area contributed by atoms with Crippen molar-refractivity contribution < 1.29 is 9.53 Å². The van der Waals surface area contributed by atoms with Crippen LogP contribution in [0.15, 0.2) is 23.1 Å². The minimum Gasteiger partial charge on any atom is -0.462 e. The normalized spacial score (nSPS) is 9.77. The van der Waals surface area contributed by atoms with Gasteiger partial charge in [-0.05, 0) is 25.5 Å². The SMILES string of the molecule is CCOC(=O)c1cccc(C)c1S. The molecule has 0 bridgehead atoms. The molecule has 0 spiro atoms. The molecule has 3 heteroatoms. The Balaban J connectivity index is 3.01. The highest BCUT2D eigenvalue weighted by atomic mass is 32.1. The molecule has 1 aromatic rings. The summed E-state index contributed by atoms with van der Waals surface area (Å²) in [6.45, 7) is 4.08. The van der Waals surface area contributed by atoms with Crippen molar-refractivity contribution in [2.24, 2.45) is 0 Å². The van der Waals surface area contributed by atoms with E-state index in [1.807, 2.05) is 19.1 Å². The Morgan fingerprint density at radius 3 is 2.85 bits per heavy atom. The Morgan fingerprint density at radius 2 is 2.23 bits per heavy atom. The molecule has 0 unspecified atom stereocenters. The van der Waals surface area contributed by atoms with Gasteiger partial charge in [-0.25, -0.2) is 4.79 Å². The van der Waals surface area contributed by atoms with E-state index in [-0.39, 0.29) is 5.97 Å². The van der Waals surface area contributed by atoms with E-state index in [0.29, 0.717) is 17.1 Å². The Morgan fingerprint density at radius 1 is 1.54 bits per heavy atom. The van der Waals surface area contributed by atoms with E-state index in [1.54, 1.807) is 13.0 Å². The van der Waals surface area contributed by atoms with E-state index in [4.69, 9.17) is 4.74 Å². The third kappa shape index (κ3) is 2.25. The molecule has 0 heterocycles. The summed E-state index contributed by atoms with van der Waals surface area (Å²) in [6.07, 6.45) is 0. The average Bonchev–Trinajstić information content (AvgIpc) is 2.10. The highest BCUT2D eigenvalue weighted by molar-refractivity contribution is 7.80. The number of rotatable bonds is 2. The van der Waals surface area contributed by atoms with Gasteiger partial charge in [0.1, 0.15) is 0 Å². The van der Waals surface area contributed by atoms with E-state index < -0.39 is 0 Å². The van der Waals surface area contributed by atoms with Crippen LogP contribution in [0.5, 0.6) is 0 Å². The molecule has 0 aromatic heterocycles. The van der Waals surface area contributed by atoms with E-state index in [9.17, 15) is 4.79 Å². The maximum atomic E-state index is 11.3. The number of benzene rings is 1. The van der Waals surface area contributed by atoms with Crippen molar-refractivity contribution in [3.63, 3.8) is 0 Å². The second kappa shape index (κ2) is 4.33. The first kappa shape index (κ1) is 10.1. The lowest BCUT2D eigenvalue weighted by Gasteiger charge is -2.06. The third-order valence-corrected chi connectivity index (χ3v) is 2.33. The van der Waals surface area contributed by atoms with Gasteiger partial charge in [-0.15, -0.1) is 12.6 Å². The first-order valence-electron chi connectivity index (χ1n) is 4.12. The number of aryl methyl sites for hydroxylation is 1. The molecular formula is C10H12O2S. The van der Waals surface area contributed by atoms with Crippen molar-refractivity contribution in [3.05, 3.63) is 29.3 Å². The number of carbonyl (C=O) groups excluding carboxylic acids is 1. The molecule has 0 fully saturated rings. The summed E-state index contributed by atoms with van der Waals surface area (Å²) in [4.78, 5) is 12.0. The number of carbonyl (C=O) groups is 1. The van der Waals surface area contributed by atoms with Crippen molar-refractivity contribution in [1.29, 1.82) is 0 Å². The largest absolute Gasteiger partial charge is 0.462 e. The van der Waals surface area contributed by atoms with Crippen molar-refractivity contribution >= 4 is 18.6 Å². The fourth-order valence-corrected chi connectivity index (χ4v) is 1.27. The van der Waals surface area contributed by atoms with E-state index >= 15 is 0 Å². The Hall–Kier alpha value is -0.960. The van der Waals surface area contributed by atoms with Gasteiger partial charge < -0.3 is 4.74 Å². The minimum absolute atomic E-state index is 0.309. The molecule has 0 aliphatic heterocycles. The monoisotopic (exact) mass is 196 g/mol. The summed E-state index contributed by atoms with van der Waals surface area (Å²) in [7, 11) is 0. The molecule has 70 valence electrons. The highest BCUT2D eigenvalue weighted by Gasteiger charge is 2.10. The molecule has 13 heavy (non-hydrogen) atoms. The van der Waals surface area contributed by atoms with Gasteiger partial charge >= 0.3 is 5.97 Å². The lowest BCUT2D eigenvalue weighted by atomic mass is 10.1. The molecule has 0 amide bonds. The van der Waals surface area contributed by atoms with Gasteiger partial charge in [0.15, 0.2) is 0 Å². The maximum absolute atomic E-state index is 11.3. The molecule has 0 saturated carbocycles. The van der Waals surface area contributed by atoms with Gasteiger partial charge in [0.05, 0.1) is 12.2 Å². The maximum Gasteiger partial charge on any atom is 0.339 e. The summed E-state index contributed by atoms with van der Waals surface area (Å²) >= 11 is 4.24. The molecule has 0 aliphatic rings. The van der Waals surface area contributed by atoms with Crippen LogP contribution < -0.4 is 0 Å². The van der Waals surface area contributed by atoms with Gasteiger partial charge in [0, 0.05) is 4.90 Å². The van der Waals surface area contributed by atoms with Crippen molar-refractivity contribution in [1.82, 2.24) is 0 Å². The van der Waals surface area contributed by atoms with E-state index in [1.165, 1.54) is 0 Å². The number of hydrogen-bond acceptors (Lipinski definition) is 3. The Bertz CT molecular complexity index is 321. The van der Waals surface area contributed by atoms with Crippen LogP contribution in [0.25, 0.3) is 0 Å². The van der Waals surface area contributed by atoms with Crippen LogP contribution in [0, 0.1) is 6.92 Å². The Kier molecular flexibility index (Phi) is 3.37. The number of ether oxygens (including phenoxy) is 1. The van der Waals surface area contributed by atoms with Gasteiger partial charge in [-0.2, -0.15) is 0 Å². The molecule has 1 rings (SSSR count). The highest BCUT2D eigenvalue weighted by Crippen LogP contribution is 2.18. The molecule has 0 aliphatic carbocycles. The fraction of sp³-hybridized carbons (Fsp3) is 0.300. The summed E-state index contributed by atoms with van der Waals surface area (Å²) in [6, 6.07) is 5.44. The van der Waals surface area contributed by atoms with Gasteiger partial charge in [0.2, 0.25) is 0 Å². The summed E-state index contributed by atoms with van der Waals surface area (Å²) in [5, 5.41) is 0. The summed E-state index contributed by atoms with van der Waals surface area (Å²) in [5.74, 6) is -0.309. The molecule has 0 atom stereocenters. The second-order valence-electron chi connectivity index (χ2n) is 2.69. The smallest absolute Gasteiger partial charge is 0.339 e. The van der Waals surface area contributed by atoms with Crippen LogP contribution in [-0.2, 0) is 4.74 Å². The van der Waals surface area contributed by atoms with Crippen LogP contribution in [-0.4, -0.2) is 12.6 Å². The minimum atomic E-state index is -0.309. The van der Waals surface area contributed by atoms with Crippen LogP contribution in [0.2, 0.25) is 0 Å². The predicted molar refractivity (Wildman–Crippen MR) is 54.4 cm³/mol. The zero-order chi connectivity index (χ0) is 9.84. The molecule has 0 radical (unpaired) electrons. The number of thiol groups is 1. The lowest BCUT2D eigenvalue weighted by molar-refractivity contribution is 0.0522. The molecule has 1 aromatic carbocycles. The predicted octanol–water partition coefficient (Wildman–Crippen LogP) is 2.46. The zero-order valence-corrected chi connectivity index (χ0v) is 8.60. The fourth-order valence-electron chi connectivity index (χ4n) is 1.03. The van der Waals surface area contributed by atoms with Gasteiger partial charge in [-0.3, -0.25) is 0 Å². The molecular weight excluding hydrogens is 184 g/mol. The number of esters is 1. The average molecular weight is 196 g/mol. The van der Waals surface area contributed by atoms with Crippen LogP contribution in [0.3, 0.4) is 0 Å². The van der Waals surface area contributed by atoms with Crippen LogP contribution in [0.1, 0.15) is 22.8 Å². The van der Waals surface area contributed by atoms with E-state index in [0.717, 1.165) is 5.56 Å². The zero-order valence-electron chi connectivity index (χ0n) is 7.70. The van der Waals surface area contributed by atoms with Crippen molar-refractivity contribution in [2.45, 2.75) is 18.7 Å². The molecule has 2 nitrogen and oxygen atoms in total. The standard InChI is InChI=1S/C10H12O2S/c1-3-12-10(11)8-6-4-5-7(2)9(8)13/h4-6,13H,3H2,1-2H3. The topological polar surface area (TPSA) is 26.3 Å². The lowest BCUT2D eigenvalue weighted by Crippen LogP contribution is -2.06. The van der Waals surface area contributed by atoms with Gasteiger partial charge in [-0.1, -0.05) is 12.1 Å². The summed E-state index contributed by atoms with van der Waals surface area (Å²) in [5.41, 5.74) is 1.51. The first-order chi connectivity index (χ1) is 6.16. The van der Waals surface area contributed by atoms with Crippen LogP contribution >= 0.6 is 12.6 Å². The van der Waals surface area contributed by atoms with Crippen molar-refractivity contribution in [3.8, 4) is 0 Å². The van der Waals surface area contributed by atoms with Crippen LogP contribution in [0.4, 0.5) is 0 Å². The Labute approximate surface area is 83.3 Å². The first-order valence-corrected chi connectivity index (χ1v) is 4.57. The van der Waals surface area contributed by atoms with Crippen molar-refractivity contribution in [2.75, 3.05) is 6.61 Å².